The molecule has 0 bridgehead atoms. The van der Waals surface area contributed by atoms with Crippen LogP contribution in [-0.2, 0) is 4.79 Å². The van der Waals surface area contributed by atoms with Gasteiger partial charge >= 0.3 is 6.36 Å². The number of carbonyl (C=O) groups excluding carboxylic acids is 1. The minimum absolute atomic E-state index is 0.0550. The molecule has 1 heterocycles. The van der Waals surface area contributed by atoms with Crippen molar-refractivity contribution in [2.75, 3.05) is 11.4 Å². The largest absolute Gasteiger partial charge is 0.573 e. The number of carbonyl (C=O) groups is 1. The van der Waals surface area contributed by atoms with Crippen LogP contribution in [0.1, 0.15) is 6.42 Å². The fourth-order valence-corrected chi connectivity index (χ4v) is 2.31. The van der Waals surface area contributed by atoms with Gasteiger partial charge in [0.25, 0.3) is 0 Å². The van der Waals surface area contributed by atoms with Gasteiger partial charge in [-0.1, -0.05) is 15.9 Å². The molecule has 3 nitrogen and oxygen atoms in total. The van der Waals surface area contributed by atoms with Crippen LogP contribution in [0.2, 0.25) is 0 Å². The average Bonchev–Trinajstić information content (AvgIpc) is 2.71. The van der Waals surface area contributed by atoms with Crippen molar-refractivity contribution in [1.82, 2.24) is 0 Å². The third kappa shape index (κ3) is 3.25. The highest BCUT2D eigenvalue weighted by Gasteiger charge is 2.36. The third-order valence-corrected chi connectivity index (χ3v) is 3.29. The smallest absolute Gasteiger partial charge is 0.404 e. The fraction of sp³-hybridized carbons (Fsp3) is 0.308. The van der Waals surface area contributed by atoms with Crippen molar-refractivity contribution in [3.63, 3.8) is 0 Å². The van der Waals surface area contributed by atoms with Gasteiger partial charge in [-0.05, 0) is 18.2 Å². The van der Waals surface area contributed by atoms with Crippen LogP contribution in [0.5, 0.6) is 5.75 Å². The molecule has 1 aromatic rings. The predicted molar refractivity (Wildman–Crippen MR) is 70.1 cm³/mol. The topological polar surface area (TPSA) is 29.5 Å². The maximum absolute atomic E-state index is 12.4. The summed E-state index contributed by atoms with van der Waals surface area (Å²) in [7, 11) is 0. The zero-order chi connectivity index (χ0) is 14.9. The molecule has 1 atom stereocenters. The zero-order valence-corrected chi connectivity index (χ0v) is 11.7. The number of hydrogen-bond donors (Lipinski definition) is 0. The standard InChI is InChI=1S/C13H9BrF3NO2/c1-2-8-5-12(19)18(7-8)10-6-9(14)3-4-11(10)20-13(15,16)17/h1,3-4,6,8H,5,7H2. The second-order valence-electron chi connectivity index (χ2n) is 4.23. The molecule has 20 heavy (non-hydrogen) atoms. The Hall–Kier alpha value is -1.68. The molecule has 2 rings (SSSR count). The van der Waals surface area contributed by atoms with Crippen LogP contribution in [0.3, 0.4) is 0 Å². The highest BCUT2D eigenvalue weighted by atomic mass is 79.9. The Labute approximate surface area is 121 Å². The van der Waals surface area contributed by atoms with E-state index in [0.717, 1.165) is 6.07 Å². The molecular weight excluding hydrogens is 339 g/mol. The van der Waals surface area contributed by atoms with E-state index < -0.39 is 12.1 Å². The lowest BCUT2D eigenvalue weighted by Crippen LogP contribution is -2.26. The van der Waals surface area contributed by atoms with Crippen molar-refractivity contribution in [2.45, 2.75) is 12.8 Å². The molecule has 0 N–H and O–H groups in total. The number of ether oxygens (including phenoxy) is 1. The van der Waals surface area contributed by atoms with Crippen LogP contribution in [0.25, 0.3) is 0 Å². The molecule has 1 unspecified atom stereocenters. The fourth-order valence-electron chi connectivity index (χ4n) is 1.96. The molecule has 0 aliphatic carbocycles. The molecule has 0 radical (unpaired) electrons. The number of terminal acetylenes is 1. The van der Waals surface area contributed by atoms with Crippen LogP contribution in [0.15, 0.2) is 22.7 Å². The maximum atomic E-state index is 12.4. The number of halogens is 4. The zero-order valence-electron chi connectivity index (χ0n) is 10.1. The summed E-state index contributed by atoms with van der Waals surface area (Å²) in [6, 6.07) is 3.96. The van der Waals surface area contributed by atoms with Crippen LogP contribution in [-0.4, -0.2) is 18.8 Å². The van der Waals surface area contributed by atoms with Crippen molar-refractivity contribution in [2.24, 2.45) is 5.92 Å². The average molecular weight is 348 g/mol. The molecule has 1 amide bonds. The Bertz CT molecular complexity index is 580. The summed E-state index contributed by atoms with van der Waals surface area (Å²) in [4.78, 5) is 13.1. The summed E-state index contributed by atoms with van der Waals surface area (Å²) in [6.45, 7) is 0.181. The molecule has 1 aliphatic rings. The van der Waals surface area contributed by atoms with E-state index in [9.17, 15) is 18.0 Å². The molecule has 0 saturated carbocycles. The first-order valence-electron chi connectivity index (χ1n) is 5.62. The highest BCUT2D eigenvalue weighted by Crippen LogP contribution is 2.37. The summed E-state index contributed by atoms with van der Waals surface area (Å²) in [5.74, 6) is 1.39. The summed E-state index contributed by atoms with van der Waals surface area (Å²) >= 11 is 3.16. The van der Waals surface area contributed by atoms with Gasteiger partial charge < -0.3 is 9.64 Å². The second-order valence-corrected chi connectivity index (χ2v) is 5.15. The van der Waals surface area contributed by atoms with Crippen molar-refractivity contribution in [1.29, 1.82) is 0 Å². The monoisotopic (exact) mass is 347 g/mol. The highest BCUT2D eigenvalue weighted by molar-refractivity contribution is 9.10. The third-order valence-electron chi connectivity index (χ3n) is 2.80. The van der Waals surface area contributed by atoms with Crippen LogP contribution in [0, 0.1) is 18.3 Å². The van der Waals surface area contributed by atoms with Gasteiger partial charge in [0.2, 0.25) is 5.91 Å². The van der Waals surface area contributed by atoms with E-state index in [1.807, 2.05) is 0 Å². The molecule has 1 fully saturated rings. The Kier molecular flexibility index (Phi) is 3.95. The number of alkyl halides is 3. The summed E-state index contributed by atoms with van der Waals surface area (Å²) in [5.41, 5.74) is 0.0550. The lowest BCUT2D eigenvalue weighted by atomic mass is 10.1. The number of amides is 1. The number of benzene rings is 1. The van der Waals surface area contributed by atoms with Crippen LogP contribution >= 0.6 is 15.9 Å². The first-order chi connectivity index (χ1) is 9.30. The van der Waals surface area contributed by atoms with E-state index in [1.165, 1.54) is 17.0 Å². The van der Waals surface area contributed by atoms with Crippen LogP contribution in [0.4, 0.5) is 18.9 Å². The van der Waals surface area contributed by atoms with E-state index in [2.05, 4.69) is 26.6 Å². The summed E-state index contributed by atoms with van der Waals surface area (Å²) < 4.78 is 41.6. The van der Waals surface area contributed by atoms with Gasteiger partial charge in [-0.3, -0.25) is 4.79 Å². The first kappa shape index (κ1) is 14.7. The van der Waals surface area contributed by atoms with E-state index in [1.54, 1.807) is 0 Å². The van der Waals surface area contributed by atoms with Crippen molar-refractivity contribution >= 4 is 27.5 Å². The lowest BCUT2D eigenvalue weighted by molar-refractivity contribution is -0.274. The second kappa shape index (κ2) is 5.37. The molecule has 106 valence electrons. The molecule has 0 spiro atoms. The lowest BCUT2D eigenvalue weighted by Gasteiger charge is -2.21. The van der Waals surface area contributed by atoms with E-state index in [-0.39, 0.29) is 30.5 Å². The Morgan fingerprint density at radius 3 is 2.70 bits per heavy atom. The van der Waals surface area contributed by atoms with Gasteiger partial charge in [0.1, 0.15) is 0 Å². The van der Waals surface area contributed by atoms with E-state index in [0.29, 0.717) is 4.47 Å². The molecule has 7 heteroatoms. The summed E-state index contributed by atoms with van der Waals surface area (Å²) in [5, 5.41) is 0. The summed E-state index contributed by atoms with van der Waals surface area (Å²) in [6.07, 6.45) is 0.554. The van der Waals surface area contributed by atoms with Crippen molar-refractivity contribution < 1.29 is 22.7 Å². The number of nitrogens with zero attached hydrogens (tertiary/aromatic N) is 1. The number of rotatable bonds is 2. The number of hydrogen-bond acceptors (Lipinski definition) is 2. The van der Waals surface area contributed by atoms with Crippen LogP contribution < -0.4 is 9.64 Å². The van der Waals surface area contributed by atoms with Gasteiger partial charge in [0, 0.05) is 23.4 Å². The Morgan fingerprint density at radius 2 is 2.15 bits per heavy atom. The maximum Gasteiger partial charge on any atom is 0.573 e. The Balaban J connectivity index is 2.38. The quantitative estimate of drug-likeness (QED) is 0.768. The first-order valence-corrected chi connectivity index (χ1v) is 6.41. The van der Waals surface area contributed by atoms with Gasteiger partial charge in [0.05, 0.1) is 5.69 Å². The molecular formula is C13H9BrF3NO2. The van der Waals surface area contributed by atoms with E-state index >= 15 is 0 Å². The van der Waals surface area contributed by atoms with Crippen molar-refractivity contribution in [3.05, 3.63) is 22.7 Å². The minimum Gasteiger partial charge on any atom is -0.404 e. The van der Waals surface area contributed by atoms with Gasteiger partial charge in [-0.2, -0.15) is 0 Å². The van der Waals surface area contributed by atoms with Gasteiger partial charge in [-0.15, -0.1) is 25.5 Å². The predicted octanol–water partition coefficient (Wildman–Crippen LogP) is 3.33. The molecule has 0 aromatic heterocycles. The molecule has 1 aliphatic heterocycles. The minimum atomic E-state index is -4.82. The van der Waals surface area contributed by atoms with Gasteiger partial charge in [-0.25, -0.2) is 0 Å². The van der Waals surface area contributed by atoms with Gasteiger partial charge in [0.15, 0.2) is 5.75 Å². The normalized spacial score (nSPS) is 19.1. The number of anilines is 1. The Morgan fingerprint density at radius 1 is 1.45 bits per heavy atom. The van der Waals surface area contributed by atoms with Crippen molar-refractivity contribution in [3.8, 4) is 18.1 Å². The van der Waals surface area contributed by atoms with E-state index in [4.69, 9.17) is 6.42 Å². The molecule has 1 aromatic carbocycles. The SMILES string of the molecule is C#CC1CC(=O)N(c2cc(Br)ccc2OC(F)(F)F)C1. The molecule has 1 saturated heterocycles.